The van der Waals surface area contributed by atoms with Crippen LogP contribution in [0.25, 0.3) is 66.1 Å². The molecule has 1 nitrogen and oxygen atoms in total. The van der Waals surface area contributed by atoms with E-state index in [1.165, 1.54) is 135 Å². The summed E-state index contributed by atoms with van der Waals surface area (Å²) in [4.78, 5) is 4.77. The number of fused-ring (bicyclic) bond motifs is 12. The van der Waals surface area contributed by atoms with Crippen molar-refractivity contribution in [2.45, 2.75) is 68.6 Å². The Labute approximate surface area is 288 Å². The minimum atomic E-state index is 0.127. The summed E-state index contributed by atoms with van der Waals surface area (Å²) in [5, 5.41) is 5.16. The van der Waals surface area contributed by atoms with Crippen molar-refractivity contribution in [3.63, 3.8) is 0 Å². The first-order valence-electron chi connectivity index (χ1n) is 18.5. The van der Waals surface area contributed by atoms with Crippen LogP contribution in [0.4, 0.5) is 0 Å². The van der Waals surface area contributed by atoms with Crippen LogP contribution in [0, 0.1) is 0 Å². The minimum Gasteiger partial charge on any atom is -0.264 e. The fraction of sp³-hybridized carbons (Fsp3) is 0.229. The molecule has 49 heavy (non-hydrogen) atoms. The molecule has 2 spiro atoms. The van der Waals surface area contributed by atoms with Gasteiger partial charge in [0.05, 0.1) is 0 Å². The van der Waals surface area contributed by atoms with Gasteiger partial charge in [-0.15, -0.1) is 0 Å². The molecule has 0 bridgehead atoms. The third-order valence-electron chi connectivity index (χ3n) is 13.1. The Kier molecular flexibility index (Phi) is 5.83. The molecular formula is C48H39N. The molecule has 6 aromatic carbocycles. The van der Waals surface area contributed by atoms with Gasteiger partial charge in [-0.05, 0) is 127 Å². The molecular weight excluding hydrogens is 591 g/mol. The maximum Gasteiger partial charge on any atom is 0.0353 e. The number of hydrogen-bond acceptors (Lipinski definition) is 1. The first kappa shape index (κ1) is 27.9. The van der Waals surface area contributed by atoms with Crippen LogP contribution < -0.4 is 0 Å². The highest BCUT2D eigenvalue weighted by molar-refractivity contribution is 6.21. The number of benzene rings is 6. The predicted octanol–water partition coefficient (Wildman–Crippen LogP) is 12.8. The predicted molar refractivity (Wildman–Crippen MR) is 204 cm³/mol. The third kappa shape index (κ3) is 3.69. The summed E-state index contributed by atoms with van der Waals surface area (Å²) in [6.45, 7) is 0. The first-order valence-corrected chi connectivity index (χ1v) is 18.5. The van der Waals surface area contributed by atoms with Crippen molar-refractivity contribution < 1.29 is 0 Å². The van der Waals surface area contributed by atoms with E-state index in [4.69, 9.17) is 4.98 Å². The summed E-state index contributed by atoms with van der Waals surface area (Å²) in [5.41, 5.74) is 17.5. The zero-order valence-electron chi connectivity index (χ0n) is 27.9. The Balaban J connectivity index is 1.15. The summed E-state index contributed by atoms with van der Waals surface area (Å²) >= 11 is 0. The monoisotopic (exact) mass is 629 g/mol. The van der Waals surface area contributed by atoms with E-state index in [9.17, 15) is 0 Å². The van der Waals surface area contributed by atoms with Crippen molar-refractivity contribution in [2.75, 3.05) is 0 Å². The second-order valence-corrected chi connectivity index (χ2v) is 15.3. The van der Waals surface area contributed by atoms with Crippen LogP contribution in [0.2, 0.25) is 0 Å². The van der Waals surface area contributed by atoms with Gasteiger partial charge in [0.2, 0.25) is 0 Å². The van der Waals surface area contributed by atoms with E-state index in [-0.39, 0.29) is 10.8 Å². The molecule has 1 heteroatoms. The SMILES string of the molecule is c1ccc2c(c1)-c1ccc(-c3c4ccccc4c(-c4ccc5c(c4)C4(CCCC4)c4ccccc4-5)c4ccncc34)cc1C21CCCCC1. The average molecular weight is 630 g/mol. The summed E-state index contributed by atoms with van der Waals surface area (Å²) in [5.74, 6) is 0. The molecule has 1 aromatic heterocycles. The van der Waals surface area contributed by atoms with E-state index in [0.29, 0.717) is 0 Å². The van der Waals surface area contributed by atoms with Crippen LogP contribution in [-0.2, 0) is 10.8 Å². The molecule has 1 heterocycles. The summed E-state index contributed by atoms with van der Waals surface area (Å²) in [6.07, 6.45) is 15.6. The maximum atomic E-state index is 4.77. The zero-order valence-corrected chi connectivity index (χ0v) is 27.9. The lowest BCUT2D eigenvalue weighted by Crippen LogP contribution is -2.28. The lowest BCUT2D eigenvalue weighted by atomic mass is 9.67. The molecule has 2 fully saturated rings. The molecule has 0 radical (unpaired) electrons. The van der Waals surface area contributed by atoms with Gasteiger partial charge < -0.3 is 0 Å². The molecule has 4 aliphatic rings. The Morgan fingerprint density at radius 3 is 1.41 bits per heavy atom. The number of pyridine rings is 1. The van der Waals surface area contributed by atoms with Gasteiger partial charge in [-0.2, -0.15) is 0 Å². The fourth-order valence-electron chi connectivity index (χ4n) is 11.1. The second kappa shape index (κ2) is 10.3. The normalized spacial score (nSPS) is 17.8. The van der Waals surface area contributed by atoms with Crippen LogP contribution in [0.3, 0.4) is 0 Å². The minimum absolute atomic E-state index is 0.127. The standard InChI is InChI=1S/C48H39N/c1-8-23-47(24-9-1)41-16-6-4-12-33(41)36-21-19-32(29-44(36)47)46-38-15-3-2-14-37(38)45(39-22-27-49-30-40(39)46)31-18-20-35-34-13-5-7-17-42(34)48(43(35)28-31)25-10-11-26-48/h2-7,12-22,27-30H,1,8-11,23-26H2. The molecule has 2 saturated carbocycles. The zero-order chi connectivity index (χ0) is 32.2. The van der Waals surface area contributed by atoms with Gasteiger partial charge in [0.1, 0.15) is 0 Å². The van der Waals surface area contributed by atoms with E-state index in [0.717, 1.165) is 0 Å². The van der Waals surface area contributed by atoms with Crippen LogP contribution in [0.15, 0.2) is 128 Å². The van der Waals surface area contributed by atoms with Crippen LogP contribution in [0.1, 0.15) is 80.0 Å². The molecule has 0 N–H and O–H groups in total. The fourth-order valence-corrected chi connectivity index (χ4v) is 11.1. The first-order chi connectivity index (χ1) is 24.3. The highest BCUT2D eigenvalue weighted by Crippen LogP contribution is 2.59. The smallest absolute Gasteiger partial charge is 0.0353 e. The van der Waals surface area contributed by atoms with Crippen molar-refractivity contribution >= 4 is 21.5 Å². The molecule has 0 atom stereocenters. The largest absolute Gasteiger partial charge is 0.264 e. The molecule has 4 aliphatic carbocycles. The van der Waals surface area contributed by atoms with E-state index in [2.05, 4.69) is 121 Å². The molecule has 0 saturated heterocycles. The van der Waals surface area contributed by atoms with Gasteiger partial charge >= 0.3 is 0 Å². The topological polar surface area (TPSA) is 12.9 Å². The molecule has 7 aromatic rings. The Morgan fingerprint density at radius 2 is 0.837 bits per heavy atom. The second-order valence-electron chi connectivity index (χ2n) is 15.3. The summed E-state index contributed by atoms with van der Waals surface area (Å²) < 4.78 is 0. The number of rotatable bonds is 2. The quantitative estimate of drug-likeness (QED) is 0.173. The van der Waals surface area contributed by atoms with Crippen molar-refractivity contribution in [1.29, 1.82) is 0 Å². The van der Waals surface area contributed by atoms with Crippen molar-refractivity contribution in [2.24, 2.45) is 0 Å². The van der Waals surface area contributed by atoms with Crippen molar-refractivity contribution in [1.82, 2.24) is 4.98 Å². The van der Waals surface area contributed by atoms with Gasteiger partial charge in [-0.1, -0.05) is 129 Å². The van der Waals surface area contributed by atoms with Gasteiger partial charge in [0, 0.05) is 28.6 Å². The van der Waals surface area contributed by atoms with Crippen LogP contribution in [-0.4, -0.2) is 4.98 Å². The average Bonchev–Trinajstić information content (AvgIpc) is 3.84. The Bertz CT molecular complexity index is 2430. The van der Waals surface area contributed by atoms with Gasteiger partial charge in [0.15, 0.2) is 0 Å². The van der Waals surface area contributed by atoms with Gasteiger partial charge in [-0.25, -0.2) is 0 Å². The van der Waals surface area contributed by atoms with E-state index < -0.39 is 0 Å². The Hall–Kier alpha value is -5.01. The lowest BCUT2D eigenvalue weighted by molar-refractivity contribution is 0.353. The van der Waals surface area contributed by atoms with Gasteiger partial charge in [0.25, 0.3) is 0 Å². The number of nitrogens with zero attached hydrogens (tertiary/aromatic N) is 1. The van der Waals surface area contributed by atoms with Crippen LogP contribution >= 0.6 is 0 Å². The number of aromatic nitrogens is 1. The highest BCUT2D eigenvalue weighted by Gasteiger charge is 2.45. The lowest BCUT2D eigenvalue weighted by Gasteiger charge is -2.36. The van der Waals surface area contributed by atoms with E-state index >= 15 is 0 Å². The van der Waals surface area contributed by atoms with Gasteiger partial charge in [-0.3, -0.25) is 4.98 Å². The highest BCUT2D eigenvalue weighted by atomic mass is 14.6. The Morgan fingerprint density at radius 1 is 0.388 bits per heavy atom. The van der Waals surface area contributed by atoms with E-state index in [1.807, 2.05) is 6.20 Å². The molecule has 0 aliphatic heterocycles. The molecule has 236 valence electrons. The van der Waals surface area contributed by atoms with E-state index in [1.54, 1.807) is 11.1 Å². The van der Waals surface area contributed by atoms with Crippen LogP contribution in [0.5, 0.6) is 0 Å². The summed E-state index contributed by atoms with van der Waals surface area (Å²) in [6, 6.07) is 44.6. The number of hydrogen-bond donors (Lipinski definition) is 0. The summed E-state index contributed by atoms with van der Waals surface area (Å²) in [7, 11) is 0. The third-order valence-corrected chi connectivity index (χ3v) is 13.1. The van der Waals surface area contributed by atoms with Crippen molar-refractivity contribution in [3.8, 4) is 44.5 Å². The maximum absolute atomic E-state index is 4.77. The molecule has 0 unspecified atom stereocenters. The van der Waals surface area contributed by atoms with Crippen molar-refractivity contribution in [3.05, 3.63) is 150 Å². The molecule has 0 amide bonds. The molecule has 11 rings (SSSR count).